The maximum absolute atomic E-state index is 12.3. The van der Waals surface area contributed by atoms with E-state index in [-0.39, 0.29) is 17.9 Å². The maximum atomic E-state index is 12.3. The van der Waals surface area contributed by atoms with Gasteiger partial charge in [0.25, 0.3) is 0 Å². The van der Waals surface area contributed by atoms with E-state index in [2.05, 4.69) is 5.32 Å². The number of hydrogen-bond acceptors (Lipinski definition) is 4. The van der Waals surface area contributed by atoms with Crippen LogP contribution in [0.5, 0.6) is 0 Å². The molecule has 1 atom stereocenters. The van der Waals surface area contributed by atoms with Gasteiger partial charge in [-0.25, -0.2) is 0 Å². The van der Waals surface area contributed by atoms with Gasteiger partial charge in [0.2, 0.25) is 5.91 Å². The number of ether oxygens (including phenoxy) is 1. The molecule has 1 fully saturated rings. The van der Waals surface area contributed by atoms with Crippen LogP contribution < -0.4 is 5.32 Å². The normalized spacial score (nSPS) is 15.3. The van der Waals surface area contributed by atoms with E-state index < -0.39 is 0 Å². The largest absolute Gasteiger partial charge is 0.466 e. The molecule has 1 aliphatic heterocycles. The van der Waals surface area contributed by atoms with Crippen molar-refractivity contribution in [3.05, 3.63) is 29.8 Å². The van der Waals surface area contributed by atoms with Gasteiger partial charge in [-0.3, -0.25) is 9.59 Å². The minimum atomic E-state index is -0.224. The van der Waals surface area contributed by atoms with Crippen LogP contribution in [-0.4, -0.2) is 42.5 Å². The van der Waals surface area contributed by atoms with Gasteiger partial charge in [-0.05, 0) is 50.8 Å². The molecule has 5 nitrogen and oxygen atoms in total. The Morgan fingerprint density at radius 3 is 2.48 bits per heavy atom. The Morgan fingerprint density at radius 1 is 1.22 bits per heavy atom. The van der Waals surface area contributed by atoms with E-state index in [1.807, 2.05) is 43.0 Å². The van der Waals surface area contributed by atoms with Crippen molar-refractivity contribution in [3.8, 4) is 0 Å². The van der Waals surface area contributed by atoms with Crippen molar-refractivity contribution in [1.29, 1.82) is 0 Å². The molecule has 1 unspecified atom stereocenters. The summed E-state index contributed by atoms with van der Waals surface area (Å²) in [5.41, 5.74) is 2.01. The highest BCUT2D eigenvalue weighted by atomic mass is 16.5. The molecule has 2 rings (SSSR count). The second kappa shape index (κ2) is 8.56. The third kappa shape index (κ3) is 5.27. The van der Waals surface area contributed by atoms with Crippen molar-refractivity contribution in [3.63, 3.8) is 0 Å². The predicted octanol–water partition coefficient (Wildman–Crippen LogP) is 2.61. The summed E-state index contributed by atoms with van der Waals surface area (Å²) >= 11 is 0. The number of benzene rings is 1. The van der Waals surface area contributed by atoms with Crippen LogP contribution in [0.1, 0.15) is 38.7 Å². The van der Waals surface area contributed by atoms with Crippen LogP contribution in [0.2, 0.25) is 0 Å². The van der Waals surface area contributed by atoms with Crippen molar-refractivity contribution in [2.24, 2.45) is 0 Å². The molecular weight excluding hydrogens is 292 g/mol. The number of esters is 1. The predicted molar refractivity (Wildman–Crippen MR) is 90.3 cm³/mol. The lowest BCUT2D eigenvalue weighted by atomic mass is 10.1. The van der Waals surface area contributed by atoms with Gasteiger partial charge in [0.05, 0.1) is 6.61 Å². The highest BCUT2D eigenvalue weighted by Gasteiger charge is 2.22. The number of hydrogen-bond donors (Lipinski definition) is 1. The summed E-state index contributed by atoms with van der Waals surface area (Å²) in [6.45, 7) is 5.87. The van der Waals surface area contributed by atoms with Crippen molar-refractivity contribution in [2.45, 2.75) is 45.6 Å². The summed E-state index contributed by atoms with van der Waals surface area (Å²) in [4.78, 5) is 25.5. The van der Waals surface area contributed by atoms with E-state index in [0.29, 0.717) is 19.4 Å². The number of aryl methyl sites for hydroxylation is 1. The Hall–Kier alpha value is -2.04. The molecule has 1 saturated heterocycles. The monoisotopic (exact) mass is 318 g/mol. The minimum absolute atomic E-state index is 0.161. The van der Waals surface area contributed by atoms with Gasteiger partial charge in [-0.1, -0.05) is 12.1 Å². The zero-order valence-corrected chi connectivity index (χ0v) is 14.0. The fraction of sp³-hybridized carbons (Fsp3) is 0.556. The van der Waals surface area contributed by atoms with Gasteiger partial charge in [-0.15, -0.1) is 0 Å². The van der Waals surface area contributed by atoms with E-state index in [1.54, 1.807) is 0 Å². The number of carbonyl (C=O) groups is 2. The number of likely N-dealkylation sites (tertiary alicyclic amines) is 1. The molecule has 1 aromatic rings. The van der Waals surface area contributed by atoms with E-state index >= 15 is 0 Å². The van der Waals surface area contributed by atoms with Crippen LogP contribution >= 0.6 is 0 Å². The van der Waals surface area contributed by atoms with Gasteiger partial charge < -0.3 is 15.0 Å². The van der Waals surface area contributed by atoms with Gasteiger partial charge >= 0.3 is 5.97 Å². The second-order valence-corrected chi connectivity index (χ2v) is 5.90. The molecule has 23 heavy (non-hydrogen) atoms. The lowest BCUT2D eigenvalue weighted by Gasteiger charge is -2.22. The van der Waals surface area contributed by atoms with Crippen LogP contribution in [0.15, 0.2) is 24.3 Å². The first-order chi connectivity index (χ1) is 11.1. The molecule has 0 spiro atoms. The Labute approximate surface area is 138 Å². The first-order valence-corrected chi connectivity index (χ1v) is 8.40. The molecule has 0 aliphatic carbocycles. The van der Waals surface area contributed by atoms with Crippen LogP contribution in [0.3, 0.4) is 0 Å². The maximum Gasteiger partial charge on any atom is 0.306 e. The summed E-state index contributed by atoms with van der Waals surface area (Å²) in [6.07, 6.45) is 3.27. The number of rotatable bonds is 7. The number of nitrogens with one attached hydrogen (secondary N) is 1. The van der Waals surface area contributed by atoms with E-state index in [1.165, 1.54) is 0 Å². The lowest BCUT2D eigenvalue weighted by Crippen LogP contribution is -2.39. The third-order valence-corrected chi connectivity index (χ3v) is 4.05. The summed E-state index contributed by atoms with van der Waals surface area (Å²) in [5.74, 6) is -0.00609. The van der Waals surface area contributed by atoms with Crippen LogP contribution in [0.25, 0.3) is 0 Å². The molecular formula is C18H26N2O3. The fourth-order valence-corrected chi connectivity index (χ4v) is 2.77. The summed E-state index contributed by atoms with van der Waals surface area (Å²) < 4.78 is 4.92. The smallest absolute Gasteiger partial charge is 0.306 e. The number of anilines is 1. The molecule has 1 N–H and O–H groups in total. The Bertz CT molecular complexity index is 522. The van der Waals surface area contributed by atoms with E-state index in [9.17, 15) is 9.59 Å². The lowest BCUT2D eigenvalue weighted by molar-refractivity contribution is -0.143. The molecule has 126 valence electrons. The highest BCUT2D eigenvalue weighted by molar-refractivity contribution is 5.84. The average Bonchev–Trinajstić information content (AvgIpc) is 3.08. The molecule has 0 bridgehead atoms. The van der Waals surface area contributed by atoms with Crippen molar-refractivity contribution in [1.82, 2.24) is 4.90 Å². The van der Waals surface area contributed by atoms with Crippen LogP contribution in [0.4, 0.5) is 5.69 Å². The van der Waals surface area contributed by atoms with Crippen molar-refractivity contribution >= 4 is 17.6 Å². The fourth-order valence-electron chi connectivity index (χ4n) is 2.77. The van der Waals surface area contributed by atoms with Gasteiger partial charge in [0.1, 0.15) is 6.04 Å². The average molecular weight is 318 g/mol. The molecule has 0 saturated carbocycles. The summed E-state index contributed by atoms with van der Waals surface area (Å²) in [6, 6.07) is 7.64. The van der Waals surface area contributed by atoms with E-state index in [4.69, 9.17) is 4.74 Å². The molecule has 0 aromatic heterocycles. The number of amides is 1. The second-order valence-electron chi connectivity index (χ2n) is 5.90. The molecule has 0 radical (unpaired) electrons. The SMILES string of the molecule is CCOC(=O)CCc1ccc(NC(C)C(=O)N2CCCC2)cc1. The quantitative estimate of drug-likeness (QED) is 0.785. The zero-order valence-electron chi connectivity index (χ0n) is 14.0. The van der Waals surface area contributed by atoms with Gasteiger partial charge in [0.15, 0.2) is 0 Å². The van der Waals surface area contributed by atoms with Crippen LogP contribution in [-0.2, 0) is 20.7 Å². The molecule has 1 aromatic carbocycles. The van der Waals surface area contributed by atoms with Crippen LogP contribution in [0, 0.1) is 0 Å². The van der Waals surface area contributed by atoms with Gasteiger partial charge in [0, 0.05) is 25.2 Å². The highest BCUT2D eigenvalue weighted by Crippen LogP contribution is 2.15. The standard InChI is InChI=1S/C18H26N2O3/c1-3-23-17(21)11-8-15-6-9-16(10-7-15)19-14(2)18(22)20-12-4-5-13-20/h6-7,9-10,14,19H,3-5,8,11-13H2,1-2H3. The van der Waals surface area contributed by atoms with Gasteiger partial charge in [-0.2, -0.15) is 0 Å². The Kier molecular flexibility index (Phi) is 6.44. The zero-order chi connectivity index (χ0) is 16.7. The number of nitrogens with zero attached hydrogens (tertiary/aromatic N) is 1. The first-order valence-electron chi connectivity index (χ1n) is 8.40. The minimum Gasteiger partial charge on any atom is -0.466 e. The first kappa shape index (κ1) is 17.3. The summed E-state index contributed by atoms with van der Waals surface area (Å²) in [5, 5.41) is 3.25. The molecule has 1 heterocycles. The topological polar surface area (TPSA) is 58.6 Å². The Balaban J connectivity index is 1.82. The van der Waals surface area contributed by atoms with E-state index in [0.717, 1.165) is 37.2 Å². The molecule has 1 amide bonds. The van der Waals surface area contributed by atoms with Crippen molar-refractivity contribution < 1.29 is 14.3 Å². The summed E-state index contributed by atoms with van der Waals surface area (Å²) in [7, 11) is 0. The van der Waals surface area contributed by atoms with Crippen molar-refractivity contribution in [2.75, 3.05) is 25.0 Å². The third-order valence-electron chi connectivity index (χ3n) is 4.05. The number of carbonyl (C=O) groups excluding carboxylic acids is 2. The molecule has 1 aliphatic rings. The Morgan fingerprint density at radius 2 is 1.87 bits per heavy atom. The molecule has 5 heteroatoms.